The maximum absolute atomic E-state index is 11.7. The van der Waals surface area contributed by atoms with Crippen molar-refractivity contribution in [2.24, 2.45) is 0 Å². The summed E-state index contributed by atoms with van der Waals surface area (Å²) in [4.78, 5) is 24.3. The minimum atomic E-state index is -0.217. The van der Waals surface area contributed by atoms with Gasteiger partial charge in [0.2, 0.25) is 5.91 Å². The van der Waals surface area contributed by atoms with Gasteiger partial charge >= 0.3 is 0 Å². The summed E-state index contributed by atoms with van der Waals surface area (Å²) in [6.45, 7) is 6.56. The highest BCUT2D eigenvalue weighted by molar-refractivity contribution is 6.19. The van der Waals surface area contributed by atoms with Crippen LogP contribution in [-0.4, -0.2) is 63.3 Å². The summed E-state index contributed by atoms with van der Waals surface area (Å²) < 4.78 is 5.31. The van der Waals surface area contributed by atoms with Crippen molar-refractivity contribution in [1.29, 1.82) is 0 Å². The molecule has 0 aromatic carbocycles. The highest BCUT2D eigenvalue weighted by atomic mass is 16.5. The minimum Gasteiger partial charge on any atom is -0.378 e. The van der Waals surface area contributed by atoms with Crippen molar-refractivity contribution in [3.05, 3.63) is 0 Å². The molecule has 1 fully saturated rings. The molecule has 1 rings (SSSR count). The number of nitrogens with zero attached hydrogens (tertiary/aromatic N) is 1. The largest absolute Gasteiger partial charge is 0.378 e. The van der Waals surface area contributed by atoms with Crippen LogP contribution < -0.4 is 5.32 Å². The van der Waals surface area contributed by atoms with E-state index in [1.54, 1.807) is 0 Å². The van der Waals surface area contributed by atoms with Gasteiger partial charge in [0, 0.05) is 0 Å². The van der Waals surface area contributed by atoms with Crippen molar-refractivity contribution < 1.29 is 14.3 Å². The number of carbonyl (C=O) groups is 2. The van der Waals surface area contributed by atoms with E-state index in [2.05, 4.69) is 5.32 Å². The molecule has 2 radical (unpaired) electrons. The monoisotopic (exact) mass is 254 g/mol. The van der Waals surface area contributed by atoms with E-state index in [0.29, 0.717) is 13.2 Å². The summed E-state index contributed by atoms with van der Waals surface area (Å²) in [5.41, 5.74) is 0. The van der Waals surface area contributed by atoms with Crippen molar-refractivity contribution >= 4 is 19.5 Å². The topological polar surface area (TPSA) is 58.6 Å². The summed E-state index contributed by atoms with van der Waals surface area (Å²) in [5, 5.41) is 3.08. The Balaban J connectivity index is 0.00000137. The molecule has 1 saturated heterocycles. The Hall–Kier alpha value is -0.875. The minimum absolute atomic E-state index is 0.0523. The molecule has 1 heterocycles. The quantitative estimate of drug-likeness (QED) is 0.702. The van der Waals surface area contributed by atoms with Crippen LogP contribution in [0, 0.1) is 0 Å². The lowest BCUT2D eigenvalue weighted by Crippen LogP contribution is -2.52. The zero-order valence-corrected chi connectivity index (χ0v) is 11.7. The number of rotatable bonds is 5. The molecule has 6 heteroatoms. The summed E-state index contributed by atoms with van der Waals surface area (Å²) in [5.74, 6) is -0.269. The number of nitrogens with one attached hydrogen (secondary N) is 1. The molecule has 2 atom stereocenters. The summed E-state index contributed by atoms with van der Waals surface area (Å²) in [7, 11) is 7.15. The first-order valence-electron chi connectivity index (χ1n) is 6.34. The van der Waals surface area contributed by atoms with Crippen LogP contribution in [-0.2, 0) is 14.3 Å². The maximum Gasteiger partial charge on any atom is 0.214 e. The van der Waals surface area contributed by atoms with E-state index in [0.717, 1.165) is 0 Å². The predicted molar refractivity (Wildman–Crippen MR) is 71.8 cm³/mol. The number of amides is 1. The maximum atomic E-state index is 11.7. The fourth-order valence-electron chi connectivity index (χ4n) is 1.87. The standard InChI is InChI=1S/C10H17BN2O3.C2H6/c1-7(14)4-13(10(15)3-11)9-6-16-5-8(9)12-2;1-2/h8-9,12H,3-6H2,1-2H3;1-2H3. The second-order valence-electron chi connectivity index (χ2n) is 3.93. The number of Topliss-reactive ketones (excluding diaryl/α,β-unsaturated/α-hetero) is 1. The van der Waals surface area contributed by atoms with Crippen LogP contribution in [0.2, 0.25) is 6.32 Å². The van der Waals surface area contributed by atoms with E-state index in [1.165, 1.54) is 11.8 Å². The second-order valence-corrected chi connectivity index (χ2v) is 3.93. The van der Waals surface area contributed by atoms with Gasteiger partial charge in [-0.15, -0.1) is 0 Å². The molecular formula is C12H23BN2O3. The molecule has 1 aliphatic heterocycles. The Kier molecular flexibility index (Phi) is 8.67. The summed E-state index contributed by atoms with van der Waals surface area (Å²) in [6.07, 6.45) is -0.0831. The first kappa shape index (κ1) is 17.1. The van der Waals surface area contributed by atoms with Gasteiger partial charge in [-0.2, -0.15) is 0 Å². The molecule has 1 aliphatic rings. The zero-order chi connectivity index (χ0) is 14.1. The first-order chi connectivity index (χ1) is 8.60. The number of likely N-dealkylation sites (N-methyl/N-ethyl adjacent to an activating group) is 1. The van der Waals surface area contributed by atoms with Crippen LogP contribution in [0.15, 0.2) is 0 Å². The van der Waals surface area contributed by atoms with Crippen LogP contribution in [0.5, 0.6) is 0 Å². The Morgan fingerprint density at radius 3 is 2.44 bits per heavy atom. The molecule has 0 spiro atoms. The lowest BCUT2D eigenvalue weighted by Gasteiger charge is -2.30. The van der Waals surface area contributed by atoms with Gasteiger partial charge in [-0.25, -0.2) is 0 Å². The third-order valence-electron chi connectivity index (χ3n) is 2.71. The van der Waals surface area contributed by atoms with Gasteiger partial charge in [-0.3, -0.25) is 9.59 Å². The van der Waals surface area contributed by atoms with Crippen molar-refractivity contribution in [1.82, 2.24) is 10.2 Å². The third-order valence-corrected chi connectivity index (χ3v) is 2.71. The summed E-state index contributed by atoms with van der Waals surface area (Å²) in [6, 6.07) is -0.0419. The van der Waals surface area contributed by atoms with Crippen LogP contribution in [0.1, 0.15) is 20.8 Å². The Bertz CT molecular complexity index is 274. The van der Waals surface area contributed by atoms with Crippen LogP contribution >= 0.6 is 0 Å². The molecule has 5 nitrogen and oxygen atoms in total. The highest BCUT2D eigenvalue weighted by Gasteiger charge is 2.34. The van der Waals surface area contributed by atoms with Crippen LogP contribution in [0.25, 0.3) is 0 Å². The highest BCUT2D eigenvalue weighted by Crippen LogP contribution is 2.14. The normalized spacial score (nSPS) is 22.0. The molecule has 18 heavy (non-hydrogen) atoms. The molecular weight excluding hydrogens is 231 g/mol. The van der Waals surface area contributed by atoms with E-state index in [-0.39, 0.29) is 36.6 Å². The second kappa shape index (κ2) is 9.11. The Labute approximate surface area is 111 Å². The fourth-order valence-corrected chi connectivity index (χ4v) is 1.87. The molecule has 0 bridgehead atoms. The Morgan fingerprint density at radius 2 is 2.00 bits per heavy atom. The first-order valence-corrected chi connectivity index (χ1v) is 6.34. The van der Waals surface area contributed by atoms with E-state index in [4.69, 9.17) is 12.6 Å². The smallest absolute Gasteiger partial charge is 0.214 e. The van der Waals surface area contributed by atoms with Crippen molar-refractivity contribution in [3.63, 3.8) is 0 Å². The van der Waals surface area contributed by atoms with Crippen molar-refractivity contribution in [3.8, 4) is 0 Å². The van der Waals surface area contributed by atoms with Gasteiger partial charge in [0.15, 0.2) is 0 Å². The van der Waals surface area contributed by atoms with Crippen molar-refractivity contribution in [2.75, 3.05) is 26.8 Å². The van der Waals surface area contributed by atoms with E-state index < -0.39 is 0 Å². The van der Waals surface area contributed by atoms with Crippen LogP contribution in [0.3, 0.4) is 0 Å². The molecule has 1 N–H and O–H groups in total. The molecule has 0 aromatic rings. The predicted octanol–water partition coefficient (Wildman–Crippen LogP) is 0.00380. The van der Waals surface area contributed by atoms with Gasteiger partial charge in [0.05, 0.1) is 39.7 Å². The van der Waals surface area contributed by atoms with Gasteiger partial charge in [0.1, 0.15) is 5.78 Å². The van der Waals surface area contributed by atoms with Gasteiger partial charge in [0.25, 0.3) is 0 Å². The molecule has 0 aliphatic carbocycles. The molecule has 1 amide bonds. The number of ketones is 1. The number of ether oxygens (including phenoxy) is 1. The van der Waals surface area contributed by atoms with Gasteiger partial charge in [-0.05, 0) is 20.3 Å². The van der Waals surface area contributed by atoms with E-state index in [1.807, 2.05) is 20.9 Å². The number of hydrogen-bond acceptors (Lipinski definition) is 4. The SMILES string of the molecule is CC.[B]CC(=O)N(CC(C)=O)C1COCC1NC. The Morgan fingerprint density at radius 1 is 1.39 bits per heavy atom. The van der Waals surface area contributed by atoms with E-state index >= 15 is 0 Å². The molecule has 0 aromatic heterocycles. The number of carbonyl (C=O) groups excluding carboxylic acids is 2. The lowest BCUT2D eigenvalue weighted by molar-refractivity contribution is -0.135. The molecule has 0 saturated carbocycles. The third kappa shape index (κ3) is 4.78. The average Bonchev–Trinajstić information content (AvgIpc) is 2.85. The van der Waals surface area contributed by atoms with Crippen LogP contribution in [0.4, 0.5) is 0 Å². The molecule has 2 unspecified atom stereocenters. The fraction of sp³-hybridized carbons (Fsp3) is 0.833. The lowest BCUT2D eigenvalue weighted by atomic mass is 10.0. The van der Waals surface area contributed by atoms with Gasteiger partial charge < -0.3 is 15.0 Å². The zero-order valence-electron chi connectivity index (χ0n) is 11.7. The molecule has 102 valence electrons. The van der Waals surface area contributed by atoms with Crippen molar-refractivity contribution in [2.45, 2.75) is 39.2 Å². The number of hydrogen-bond donors (Lipinski definition) is 1. The van der Waals surface area contributed by atoms with E-state index in [9.17, 15) is 9.59 Å². The summed E-state index contributed by atoms with van der Waals surface area (Å²) >= 11 is 0. The van der Waals surface area contributed by atoms with Gasteiger partial charge in [-0.1, -0.05) is 13.8 Å². The average molecular weight is 254 g/mol.